The molecule has 1 nitrogen and oxygen atoms in total. The summed E-state index contributed by atoms with van der Waals surface area (Å²) in [7, 11) is 0. The molecule has 3 rings (SSSR count). The Bertz CT molecular complexity index is 1100. The molecule has 3 aromatic rings. The Hall–Kier alpha value is -3.31. The third-order valence-electron chi connectivity index (χ3n) is 4.50. The van der Waals surface area contributed by atoms with Crippen LogP contribution in [0.15, 0.2) is 24.3 Å². The molecule has 0 radical (unpaired) electrons. The van der Waals surface area contributed by atoms with Crippen LogP contribution in [0.25, 0.3) is 0 Å². The number of hydrogen-bond donors (Lipinski definition) is 0. The fourth-order valence-corrected chi connectivity index (χ4v) is 3.09. The van der Waals surface area contributed by atoms with Crippen LogP contribution >= 0.6 is 0 Å². The van der Waals surface area contributed by atoms with Gasteiger partial charge in [-0.1, -0.05) is 29.7 Å². The van der Waals surface area contributed by atoms with Crippen molar-refractivity contribution in [1.29, 1.82) is 0 Å². The average molecular weight is 450 g/mol. The zero-order valence-corrected chi connectivity index (χ0v) is 14.7. The Morgan fingerprint density at radius 1 is 0.516 bits per heavy atom. The number of hydrogen-bond acceptors (Lipinski definition) is 1. The molecule has 0 aliphatic carbocycles. The molecule has 0 aliphatic rings. The van der Waals surface area contributed by atoms with Crippen molar-refractivity contribution in [3.05, 3.63) is 88.0 Å². The molecular formula is C19H5BF10O. The molecule has 0 aliphatic heterocycles. The number of halogens is 10. The molecule has 0 unspecified atom stereocenters. The monoisotopic (exact) mass is 450 g/mol. The first kappa shape index (κ1) is 22.4. The Labute approximate surface area is 167 Å². The lowest BCUT2D eigenvalue weighted by Crippen LogP contribution is -2.59. The molecule has 0 saturated carbocycles. The summed E-state index contributed by atoms with van der Waals surface area (Å²) in [5.74, 6) is -25.6. The second-order valence-electron chi connectivity index (χ2n) is 6.15. The van der Waals surface area contributed by atoms with Crippen LogP contribution in [0.2, 0.25) is 0 Å². The maximum atomic E-state index is 14.5. The lowest BCUT2D eigenvalue weighted by Gasteiger charge is -2.21. The summed E-state index contributed by atoms with van der Waals surface area (Å²) in [5, 5.41) is 0. The summed E-state index contributed by atoms with van der Waals surface area (Å²) in [6.07, 6.45) is 0.000424. The predicted octanol–water partition coefficient (Wildman–Crippen LogP) is 3.41. The first-order valence-electron chi connectivity index (χ1n) is 8.11. The summed E-state index contributed by atoms with van der Waals surface area (Å²) >= 11 is 0. The van der Waals surface area contributed by atoms with E-state index < -0.39 is 86.8 Å². The molecule has 12 heteroatoms. The van der Waals surface area contributed by atoms with Crippen molar-refractivity contribution in [1.82, 2.24) is 0 Å². The third-order valence-corrected chi connectivity index (χ3v) is 4.50. The Morgan fingerprint density at radius 3 is 1.19 bits per heavy atom. The van der Waals surface area contributed by atoms with E-state index in [1.807, 2.05) is 0 Å². The van der Waals surface area contributed by atoms with Gasteiger partial charge in [-0.15, -0.1) is 0 Å². The van der Waals surface area contributed by atoms with Crippen LogP contribution < -0.4 is 16.4 Å². The van der Waals surface area contributed by atoms with E-state index in [1.54, 1.807) is 0 Å². The van der Waals surface area contributed by atoms with E-state index in [1.165, 1.54) is 6.07 Å². The van der Waals surface area contributed by atoms with Gasteiger partial charge in [0.15, 0.2) is 58.2 Å². The molecule has 160 valence electrons. The lowest BCUT2D eigenvalue weighted by atomic mass is 9.35. The van der Waals surface area contributed by atoms with Crippen LogP contribution in [0.1, 0.15) is 10.4 Å². The highest BCUT2D eigenvalue weighted by atomic mass is 19.2. The minimum atomic E-state index is -2.77. The molecule has 0 amide bonds. The Kier molecular flexibility index (Phi) is 5.84. The fourth-order valence-electron chi connectivity index (χ4n) is 3.09. The molecule has 0 atom stereocenters. The van der Waals surface area contributed by atoms with Crippen molar-refractivity contribution in [2.24, 2.45) is 0 Å². The molecule has 0 bridgehead atoms. The van der Waals surface area contributed by atoms with Gasteiger partial charge in [-0.25, -0.2) is 43.9 Å². The summed E-state index contributed by atoms with van der Waals surface area (Å²) in [6, 6.07) is 3.95. The number of rotatable bonds is 4. The number of carbonyl (C=O) groups excluding carboxylic acids is 1. The van der Waals surface area contributed by atoms with Crippen LogP contribution in [0.3, 0.4) is 0 Å². The topological polar surface area (TPSA) is 17.1 Å². The van der Waals surface area contributed by atoms with Gasteiger partial charge in [-0.2, -0.15) is 0 Å². The second-order valence-corrected chi connectivity index (χ2v) is 6.15. The van der Waals surface area contributed by atoms with Gasteiger partial charge in [0.2, 0.25) is 0 Å². The first-order chi connectivity index (χ1) is 14.5. The summed E-state index contributed by atoms with van der Waals surface area (Å²) in [4.78, 5) is 11.3. The minimum absolute atomic E-state index is 0.000424. The van der Waals surface area contributed by atoms with Gasteiger partial charge < -0.3 is 0 Å². The Morgan fingerprint density at radius 2 is 0.839 bits per heavy atom. The number of carbonyl (C=O) groups is 1. The van der Waals surface area contributed by atoms with Crippen LogP contribution in [0, 0.1) is 58.2 Å². The predicted molar refractivity (Wildman–Crippen MR) is 88.9 cm³/mol. The largest absolute Gasteiger partial charge is 0.298 e. The fraction of sp³-hybridized carbons (Fsp3) is 0. The molecule has 0 spiro atoms. The molecule has 0 aromatic heterocycles. The first-order valence-corrected chi connectivity index (χ1v) is 8.11. The van der Waals surface area contributed by atoms with Gasteiger partial charge in [0, 0.05) is 16.5 Å². The standard InChI is InChI=1S/C19H5BF10O/c21-10-8(11(22)15(26)18(29)14(10)25)20(7-4-2-1-3-6(7)5-31)9-12(23)16(27)19(30)17(28)13(9)24/h1-5H. The van der Waals surface area contributed by atoms with Crippen molar-refractivity contribution in [3.63, 3.8) is 0 Å². The van der Waals surface area contributed by atoms with E-state index in [9.17, 15) is 48.7 Å². The SMILES string of the molecule is O=Cc1ccccc1B(c1c(F)c(F)c(F)c(F)c1F)c1c(F)c(F)c(F)c(F)c1F. The van der Waals surface area contributed by atoms with E-state index in [-0.39, 0.29) is 6.29 Å². The van der Waals surface area contributed by atoms with Crippen LogP contribution in [0.5, 0.6) is 0 Å². The molecule has 3 aromatic carbocycles. The number of benzene rings is 3. The summed E-state index contributed by atoms with van der Waals surface area (Å²) < 4.78 is 140. The van der Waals surface area contributed by atoms with Gasteiger partial charge in [-0.05, 0) is 0 Å². The quantitative estimate of drug-likeness (QED) is 0.196. The van der Waals surface area contributed by atoms with Crippen molar-refractivity contribution in [2.45, 2.75) is 0 Å². The molecule has 0 saturated heterocycles. The van der Waals surface area contributed by atoms with Gasteiger partial charge in [0.1, 0.15) is 6.29 Å². The third kappa shape index (κ3) is 3.35. The van der Waals surface area contributed by atoms with Gasteiger partial charge in [-0.3, -0.25) is 4.79 Å². The summed E-state index contributed by atoms with van der Waals surface area (Å²) in [6.45, 7) is -2.77. The maximum absolute atomic E-state index is 14.5. The highest BCUT2D eigenvalue weighted by molar-refractivity contribution is 6.96. The van der Waals surface area contributed by atoms with Crippen LogP contribution in [-0.2, 0) is 0 Å². The van der Waals surface area contributed by atoms with E-state index >= 15 is 0 Å². The molecule has 0 N–H and O–H groups in total. The average Bonchev–Trinajstić information content (AvgIpc) is 2.77. The maximum Gasteiger partial charge on any atom is 0.258 e. The molecule has 0 fully saturated rings. The van der Waals surface area contributed by atoms with Gasteiger partial charge >= 0.3 is 0 Å². The van der Waals surface area contributed by atoms with Crippen molar-refractivity contribution in [2.75, 3.05) is 0 Å². The van der Waals surface area contributed by atoms with E-state index in [4.69, 9.17) is 0 Å². The highest BCUT2D eigenvalue weighted by Crippen LogP contribution is 2.21. The van der Waals surface area contributed by atoms with Crippen LogP contribution in [-0.4, -0.2) is 13.0 Å². The highest BCUT2D eigenvalue weighted by Gasteiger charge is 2.41. The van der Waals surface area contributed by atoms with Crippen molar-refractivity contribution in [3.8, 4) is 0 Å². The van der Waals surface area contributed by atoms with Crippen molar-refractivity contribution < 1.29 is 48.7 Å². The molecule has 0 heterocycles. The van der Waals surface area contributed by atoms with E-state index in [2.05, 4.69) is 0 Å². The molecular weight excluding hydrogens is 445 g/mol. The number of aldehydes is 1. The van der Waals surface area contributed by atoms with Crippen LogP contribution in [0.4, 0.5) is 43.9 Å². The van der Waals surface area contributed by atoms with E-state index in [0.29, 0.717) is 0 Å². The zero-order chi connectivity index (χ0) is 23.2. The Balaban J connectivity index is 2.57. The van der Waals surface area contributed by atoms with Crippen molar-refractivity contribution >= 4 is 29.4 Å². The second kappa shape index (κ2) is 8.08. The minimum Gasteiger partial charge on any atom is -0.298 e. The van der Waals surface area contributed by atoms with Gasteiger partial charge in [0.05, 0.1) is 0 Å². The lowest BCUT2D eigenvalue weighted by molar-refractivity contribution is 0.112. The van der Waals surface area contributed by atoms with E-state index in [0.717, 1.165) is 18.2 Å². The normalized spacial score (nSPS) is 11.0. The molecule has 31 heavy (non-hydrogen) atoms. The smallest absolute Gasteiger partial charge is 0.258 e. The summed E-state index contributed by atoms with van der Waals surface area (Å²) in [5.41, 5.74) is -5.16. The van der Waals surface area contributed by atoms with Gasteiger partial charge in [0.25, 0.3) is 6.71 Å². The zero-order valence-electron chi connectivity index (χ0n) is 14.7.